The monoisotopic (exact) mass is 733 g/mol. The van der Waals surface area contributed by atoms with E-state index in [1.54, 1.807) is 12.1 Å². The summed E-state index contributed by atoms with van der Waals surface area (Å²) in [4.78, 5) is 2.76. The molecule has 1 heterocycles. The van der Waals surface area contributed by atoms with Crippen molar-refractivity contribution in [3.8, 4) is 0 Å². The SMILES string of the molecule is Fc1ccc(SC2(c3ccc(C(OCc4c(F)cccc4F)(C(F)(F)F)C(F)(F)F)cc3)CCN(Cc3ccccc3)C2)cc1Br. The smallest absolute Gasteiger partial charge is 0.349 e. The van der Waals surface area contributed by atoms with Gasteiger partial charge in [0, 0.05) is 35.7 Å². The normalized spacial score (nSPS) is 17.9. The van der Waals surface area contributed by atoms with E-state index in [1.165, 1.54) is 30.0 Å². The van der Waals surface area contributed by atoms with Gasteiger partial charge >= 0.3 is 12.4 Å². The van der Waals surface area contributed by atoms with Gasteiger partial charge < -0.3 is 4.74 Å². The van der Waals surface area contributed by atoms with Crippen molar-refractivity contribution >= 4 is 27.7 Å². The van der Waals surface area contributed by atoms with E-state index in [1.807, 2.05) is 30.3 Å². The Morgan fingerprint density at radius 1 is 0.761 bits per heavy atom. The van der Waals surface area contributed by atoms with Crippen LogP contribution in [0, 0.1) is 17.5 Å². The molecule has 1 saturated heterocycles. The van der Waals surface area contributed by atoms with Crippen molar-refractivity contribution in [2.45, 2.75) is 47.2 Å². The van der Waals surface area contributed by atoms with Crippen molar-refractivity contribution < 1.29 is 44.3 Å². The van der Waals surface area contributed by atoms with E-state index in [2.05, 4.69) is 25.6 Å². The van der Waals surface area contributed by atoms with Crippen LogP contribution in [0.4, 0.5) is 39.5 Å². The minimum absolute atomic E-state index is 0.200. The van der Waals surface area contributed by atoms with Crippen molar-refractivity contribution in [2.75, 3.05) is 13.1 Å². The summed E-state index contributed by atoms with van der Waals surface area (Å²) < 4.78 is 133. The molecule has 13 heteroatoms. The van der Waals surface area contributed by atoms with Crippen molar-refractivity contribution in [1.29, 1.82) is 0 Å². The summed E-state index contributed by atoms with van der Waals surface area (Å²) in [6.45, 7) is -0.126. The number of likely N-dealkylation sites (tertiary alicyclic amines) is 1. The molecular formula is C33H25BrF9NOS. The molecule has 4 aromatic carbocycles. The van der Waals surface area contributed by atoms with Crippen LogP contribution in [0.5, 0.6) is 0 Å². The van der Waals surface area contributed by atoms with Crippen LogP contribution in [0.25, 0.3) is 0 Å². The van der Waals surface area contributed by atoms with Crippen LogP contribution in [0.3, 0.4) is 0 Å². The summed E-state index contributed by atoms with van der Waals surface area (Å²) in [5.74, 6) is -3.19. The third-order valence-electron chi connectivity index (χ3n) is 7.87. The third kappa shape index (κ3) is 6.83. The predicted molar refractivity (Wildman–Crippen MR) is 159 cm³/mol. The molecule has 1 aliphatic heterocycles. The number of ether oxygens (including phenoxy) is 1. The van der Waals surface area contributed by atoms with Gasteiger partial charge in [0.1, 0.15) is 17.5 Å². The lowest BCUT2D eigenvalue weighted by molar-refractivity contribution is -0.392. The topological polar surface area (TPSA) is 12.5 Å². The molecule has 0 aromatic heterocycles. The van der Waals surface area contributed by atoms with E-state index >= 15 is 0 Å². The maximum absolute atomic E-state index is 14.5. The predicted octanol–water partition coefficient (Wildman–Crippen LogP) is 10.3. The summed E-state index contributed by atoms with van der Waals surface area (Å²) >= 11 is 4.49. The molecular weight excluding hydrogens is 709 g/mol. The molecule has 46 heavy (non-hydrogen) atoms. The number of thioether (sulfide) groups is 1. The first-order chi connectivity index (χ1) is 21.6. The molecule has 1 fully saturated rings. The molecule has 0 aliphatic carbocycles. The number of halogens is 10. The van der Waals surface area contributed by atoms with Gasteiger partial charge in [-0.3, -0.25) is 4.90 Å². The van der Waals surface area contributed by atoms with Crippen LogP contribution in [0.1, 0.15) is 28.7 Å². The van der Waals surface area contributed by atoms with Gasteiger partial charge in [-0.2, -0.15) is 26.3 Å². The Hall–Kier alpha value is -3.00. The quantitative estimate of drug-likeness (QED) is 0.159. The third-order valence-corrected chi connectivity index (χ3v) is 9.93. The fourth-order valence-corrected chi connectivity index (χ4v) is 7.56. The summed E-state index contributed by atoms with van der Waals surface area (Å²) in [5.41, 5.74) is -5.79. The lowest BCUT2D eigenvalue weighted by Crippen LogP contribution is -2.56. The summed E-state index contributed by atoms with van der Waals surface area (Å²) in [5, 5.41) is 0. The van der Waals surface area contributed by atoms with Gasteiger partial charge in [0.2, 0.25) is 0 Å². The van der Waals surface area contributed by atoms with Crippen LogP contribution < -0.4 is 0 Å². The zero-order valence-electron chi connectivity index (χ0n) is 23.7. The van der Waals surface area contributed by atoms with E-state index in [0.29, 0.717) is 60.8 Å². The number of rotatable bonds is 9. The molecule has 0 bridgehead atoms. The van der Waals surface area contributed by atoms with E-state index in [9.17, 15) is 39.5 Å². The number of alkyl halides is 6. The highest BCUT2D eigenvalue weighted by molar-refractivity contribution is 9.10. The van der Waals surface area contributed by atoms with E-state index < -0.39 is 57.9 Å². The molecule has 1 aliphatic rings. The van der Waals surface area contributed by atoms with Gasteiger partial charge in [0.15, 0.2) is 0 Å². The Labute approximate surface area is 271 Å². The average molecular weight is 735 g/mol. The Bertz CT molecular complexity index is 1630. The minimum atomic E-state index is -6.05. The average Bonchev–Trinajstić information content (AvgIpc) is 3.39. The summed E-state index contributed by atoms with van der Waals surface area (Å²) in [6, 6.07) is 20.0. The second-order valence-electron chi connectivity index (χ2n) is 10.9. The van der Waals surface area contributed by atoms with Gasteiger partial charge in [-0.15, -0.1) is 11.8 Å². The molecule has 1 unspecified atom stereocenters. The molecule has 0 spiro atoms. The van der Waals surface area contributed by atoms with Crippen molar-refractivity contribution in [2.24, 2.45) is 0 Å². The summed E-state index contributed by atoms with van der Waals surface area (Å²) in [7, 11) is 0. The van der Waals surface area contributed by atoms with Crippen LogP contribution in [0.2, 0.25) is 0 Å². The lowest BCUT2D eigenvalue weighted by atomic mass is 9.88. The molecule has 5 rings (SSSR count). The number of nitrogens with zero attached hydrogens (tertiary/aromatic N) is 1. The number of hydrogen-bond donors (Lipinski definition) is 0. The van der Waals surface area contributed by atoms with Crippen molar-refractivity contribution in [1.82, 2.24) is 4.90 Å². The standard InChI is InChI=1S/C33H25BrF9NOS/c34-26-17-24(13-14-29(26)37)46-30(15-16-44(20-30)18-21-5-2-1-3-6-21)22-9-11-23(12-10-22)31(32(38,39)40,33(41,42)43)45-19-25-27(35)7-4-8-28(25)36/h1-14,17H,15-16,18-20H2. The van der Waals surface area contributed by atoms with Gasteiger partial charge in [-0.25, -0.2) is 13.2 Å². The highest BCUT2D eigenvalue weighted by Gasteiger charge is 2.73. The Morgan fingerprint density at radius 3 is 1.98 bits per heavy atom. The molecule has 4 aromatic rings. The molecule has 244 valence electrons. The number of hydrogen-bond acceptors (Lipinski definition) is 3. The molecule has 0 saturated carbocycles. The summed E-state index contributed by atoms with van der Waals surface area (Å²) in [6.07, 6.45) is -11.6. The Morgan fingerprint density at radius 2 is 1.39 bits per heavy atom. The number of benzene rings is 4. The van der Waals surface area contributed by atoms with Crippen molar-refractivity contribution in [3.05, 3.63) is 135 Å². The Balaban J connectivity index is 1.53. The Kier molecular flexibility index (Phi) is 9.89. The van der Waals surface area contributed by atoms with Gasteiger partial charge in [0.05, 0.1) is 15.8 Å². The maximum Gasteiger partial charge on any atom is 0.430 e. The van der Waals surface area contributed by atoms with Gasteiger partial charge in [-0.05, 0) is 63.8 Å². The first-order valence-electron chi connectivity index (χ1n) is 13.9. The van der Waals surface area contributed by atoms with Crippen molar-refractivity contribution in [3.63, 3.8) is 0 Å². The second-order valence-corrected chi connectivity index (χ2v) is 13.2. The van der Waals surface area contributed by atoms with Gasteiger partial charge in [0.25, 0.3) is 5.60 Å². The molecule has 2 nitrogen and oxygen atoms in total. The highest BCUT2D eigenvalue weighted by Crippen LogP contribution is 2.55. The zero-order valence-corrected chi connectivity index (χ0v) is 26.1. The zero-order chi connectivity index (χ0) is 33.3. The highest BCUT2D eigenvalue weighted by atomic mass is 79.9. The maximum atomic E-state index is 14.5. The fourth-order valence-electron chi connectivity index (χ4n) is 5.57. The van der Waals surface area contributed by atoms with Crippen LogP contribution in [-0.2, 0) is 28.2 Å². The molecule has 0 N–H and O–H groups in total. The fraction of sp³-hybridized carbons (Fsp3) is 0.273. The van der Waals surface area contributed by atoms with Crippen LogP contribution in [-0.4, -0.2) is 30.3 Å². The first-order valence-corrected chi connectivity index (χ1v) is 15.5. The lowest BCUT2D eigenvalue weighted by Gasteiger charge is -2.38. The second kappa shape index (κ2) is 13.2. The largest absolute Gasteiger partial charge is 0.430 e. The van der Waals surface area contributed by atoms with E-state index in [4.69, 9.17) is 0 Å². The minimum Gasteiger partial charge on any atom is -0.349 e. The van der Waals surface area contributed by atoms with Gasteiger partial charge in [-0.1, -0.05) is 60.7 Å². The molecule has 0 amide bonds. The van der Waals surface area contributed by atoms with Crippen LogP contribution >= 0.6 is 27.7 Å². The first kappa shape index (κ1) is 34.3. The molecule has 1 atom stereocenters. The molecule has 0 radical (unpaired) electrons. The van der Waals surface area contributed by atoms with Crippen LogP contribution in [0.15, 0.2) is 100 Å². The van der Waals surface area contributed by atoms with E-state index in [-0.39, 0.29) is 4.47 Å². The van der Waals surface area contributed by atoms with E-state index in [0.717, 1.165) is 11.6 Å².